The second-order valence-corrected chi connectivity index (χ2v) is 5.44. The largest absolute Gasteiger partial charge is 0.284 e. The number of rotatable bonds is 2. The predicted molar refractivity (Wildman–Crippen MR) is 75.5 cm³/mol. The van der Waals surface area contributed by atoms with Crippen molar-refractivity contribution in [1.82, 2.24) is 4.57 Å². The van der Waals surface area contributed by atoms with Crippen LogP contribution in [0.25, 0.3) is 6.08 Å². The Labute approximate surface area is 117 Å². The Morgan fingerprint density at radius 2 is 2.10 bits per heavy atom. The average molecular weight is 289 g/mol. The van der Waals surface area contributed by atoms with E-state index in [0.717, 1.165) is 23.3 Å². The van der Waals surface area contributed by atoms with Gasteiger partial charge in [-0.25, -0.2) is 0 Å². The third kappa shape index (κ3) is 2.27. The molecule has 0 aliphatic carbocycles. The summed E-state index contributed by atoms with van der Waals surface area (Å²) < 4.78 is 2.30. The molecule has 1 aliphatic heterocycles. The van der Waals surface area contributed by atoms with Gasteiger partial charge in [0.1, 0.15) is 0 Å². The Balaban J connectivity index is 2.07. The molecule has 0 amide bonds. The maximum absolute atomic E-state index is 12.2. The number of fused-ring (bicyclic) bond motifs is 1. The number of non-ortho nitro benzene ring substituents is 1. The molecule has 102 valence electrons. The lowest BCUT2D eigenvalue weighted by molar-refractivity contribution is -0.384. The summed E-state index contributed by atoms with van der Waals surface area (Å²) in [7, 11) is 0. The monoisotopic (exact) mass is 289 g/mol. The van der Waals surface area contributed by atoms with Crippen LogP contribution in [0.2, 0.25) is 0 Å². The fourth-order valence-electron chi connectivity index (χ4n) is 2.07. The molecule has 0 fully saturated rings. The second-order valence-electron chi connectivity index (χ2n) is 4.43. The zero-order chi connectivity index (χ0) is 14.1. The molecule has 1 aromatic carbocycles. The van der Waals surface area contributed by atoms with Crippen molar-refractivity contribution in [2.24, 2.45) is 4.99 Å². The first-order valence-electron chi connectivity index (χ1n) is 6.15. The minimum Gasteiger partial charge on any atom is -0.284 e. The van der Waals surface area contributed by atoms with Crippen molar-refractivity contribution in [1.29, 1.82) is 0 Å². The van der Waals surface area contributed by atoms with Crippen molar-refractivity contribution in [2.45, 2.75) is 13.0 Å². The maximum Gasteiger partial charge on any atom is 0.270 e. The summed E-state index contributed by atoms with van der Waals surface area (Å²) in [5.41, 5.74) is 0.776. The van der Waals surface area contributed by atoms with Gasteiger partial charge in [-0.1, -0.05) is 11.3 Å². The number of nitro benzene ring substituents is 1. The zero-order valence-corrected chi connectivity index (χ0v) is 11.3. The van der Waals surface area contributed by atoms with E-state index in [1.165, 1.54) is 23.5 Å². The minimum absolute atomic E-state index is 0.0354. The van der Waals surface area contributed by atoms with Crippen LogP contribution in [-0.2, 0) is 6.54 Å². The van der Waals surface area contributed by atoms with Gasteiger partial charge < -0.3 is 0 Å². The van der Waals surface area contributed by atoms with Gasteiger partial charge in [0, 0.05) is 25.2 Å². The van der Waals surface area contributed by atoms with E-state index < -0.39 is 4.92 Å². The number of benzene rings is 1. The second kappa shape index (κ2) is 5.01. The highest BCUT2D eigenvalue weighted by atomic mass is 32.1. The molecule has 0 unspecified atom stereocenters. The van der Waals surface area contributed by atoms with E-state index in [0.29, 0.717) is 11.1 Å². The third-order valence-corrected chi connectivity index (χ3v) is 4.12. The standard InChI is InChI=1S/C13H11N3O3S/c17-12-11(20-13-14-6-1-7-15(12)13)8-9-2-4-10(5-3-9)16(18)19/h2-5,8H,1,6-7H2. The molecule has 0 atom stereocenters. The van der Waals surface area contributed by atoms with Crippen molar-refractivity contribution in [3.63, 3.8) is 0 Å². The summed E-state index contributed by atoms with van der Waals surface area (Å²) in [6.45, 7) is 1.47. The van der Waals surface area contributed by atoms with Gasteiger partial charge in [0.05, 0.1) is 9.46 Å². The van der Waals surface area contributed by atoms with Crippen molar-refractivity contribution in [3.05, 3.63) is 59.6 Å². The zero-order valence-electron chi connectivity index (χ0n) is 10.5. The fourth-order valence-corrected chi connectivity index (χ4v) is 3.10. The highest BCUT2D eigenvalue weighted by Gasteiger charge is 2.09. The van der Waals surface area contributed by atoms with Crippen LogP contribution < -0.4 is 14.9 Å². The van der Waals surface area contributed by atoms with Crippen LogP contribution in [0.5, 0.6) is 0 Å². The minimum atomic E-state index is -0.443. The van der Waals surface area contributed by atoms with Crippen LogP contribution >= 0.6 is 11.3 Å². The van der Waals surface area contributed by atoms with Gasteiger partial charge >= 0.3 is 0 Å². The van der Waals surface area contributed by atoms with E-state index in [9.17, 15) is 14.9 Å². The molecule has 1 aliphatic rings. The molecule has 2 aromatic rings. The van der Waals surface area contributed by atoms with Gasteiger partial charge in [-0.3, -0.25) is 24.5 Å². The number of hydrogen-bond donors (Lipinski definition) is 0. The van der Waals surface area contributed by atoms with Gasteiger partial charge in [0.25, 0.3) is 11.2 Å². The fraction of sp³-hybridized carbons (Fsp3) is 0.231. The Kier molecular flexibility index (Phi) is 3.19. The lowest BCUT2D eigenvalue weighted by Gasteiger charge is -2.03. The average Bonchev–Trinajstić information content (AvgIpc) is 2.77. The van der Waals surface area contributed by atoms with Crippen LogP contribution in [0.15, 0.2) is 34.1 Å². The molecule has 6 nitrogen and oxygen atoms in total. The molecule has 2 heterocycles. The van der Waals surface area contributed by atoms with Crippen molar-refractivity contribution < 1.29 is 4.92 Å². The molecule has 0 spiro atoms. The molecule has 1 aromatic heterocycles. The first-order chi connectivity index (χ1) is 9.65. The number of thiazole rings is 1. The Bertz CT molecular complexity index is 833. The molecule has 3 rings (SSSR count). The van der Waals surface area contributed by atoms with E-state index in [-0.39, 0.29) is 11.2 Å². The molecule has 0 radical (unpaired) electrons. The lowest BCUT2D eigenvalue weighted by atomic mass is 10.2. The first kappa shape index (κ1) is 12.7. The molecule has 0 N–H and O–H groups in total. The lowest BCUT2D eigenvalue weighted by Crippen LogP contribution is -2.33. The SMILES string of the molecule is O=c1c(=Cc2ccc([N+](=O)[O-])cc2)sc2n1CCCN=2. The van der Waals surface area contributed by atoms with Crippen molar-refractivity contribution >= 4 is 23.1 Å². The third-order valence-electron chi connectivity index (χ3n) is 3.08. The number of nitrogens with zero attached hydrogens (tertiary/aromatic N) is 3. The first-order valence-corrected chi connectivity index (χ1v) is 6.97. The molecule has 0 saturated heterocycles. The highest BCUT2D eigenvalue weighted by Crippen LogP contribution is 2.12. The van der Waals surface area contributed by atoms with Crippen molar-refractivity contribution in [3.8, 4) is 0 Å². The summed E-state index contributed by atoms with van der Waals surface area (Å²) >= 11 is 1.36. The topological polar surface area (TPSA) is 77.5 Å². The van der Waals surface area contributed by atoms with Crippen LogP contribution in [-0.4, -0.2) is 16.0 Å². The van der Waals surface area contributed by atoms with E-state index in [2.05, 4.69) is 4.99 Å². The summed E-state index contributed by atoms with van der Waals surface area (Å²) in [5, 5.41) is 10.6. The molecular formula is C13H11N3O3S. The summed E-state index contributed by atoms with van der Waals surface area (Å²) in [5.74, 6) is 0. The maximum atomic E-state index is 12.2. The number of aromatic nitrogens is 1. The van der Waals surface area contributed by atoms with E-state index in [4.69, 9.17) is 0 Å². The van der Waals surface area contributed by atoms with Gasteiger partial charge in [-0.15, -0.1) is 0 Å². The van der Waals surface area contributed by atoms with Gasteiger partial charge in [0.15, 0.2) is 4.80 Å². The molecule has 20 heavy (non-hydrogen) atoms. The summed E-state index contributed by atoms with van der Waals surface area (Å²) in [4.78, 5) is 27.4. The Morgan fingerprint density at radius 3 is 2.75 bits per heavy atom. The number of nitro groups is 1. The molecule has 0 saturated carbocycles. The normalized spacial score (nSPS) is 14.7. The summed E-state index contributed by atoms with van der Waals surface area (Å²) in [6.07, 6.45) is 2.64. The van der Waals surface area contributed by atoms with E-state index in [1.807, 2.05) is 0 Å². The predicted octanol–water partition coefficient (Wildman–Crippen LogP) is 0.670. The van der Waals surface area contributed by atoms with Crippen LogP contribution in [0.4, 0.5) is 5.69 Å². The molecule has 0 bridgehead atoms. The smallest absolute Gasteiger partial charge is 0.270 e. The Morgan fingerprint density at radius 1 is 1.35 bits per heavy atom. The highest BCUT2D eigenvalue weighted by molar-refractivity contribution is 7.07. The van der Waals surface area contributed by atoms with Crippen LogP contribution in [0.3, 0.4) is 0 Å². The number of hydrogen-bond acceptors (Lipinski definition) is 5. The van der Waals surface area contributed by atoms with Crippen LogP contribution in [0.1, 0.15) is 12.0 Å². The Hall–Kier alpha value is -2.28. The quantitative estimate of drug-likeness (QED) is 0.602. The van der Waals surface area contributed by atoms with Gasteiger partial charge in [-0.2, -0.15) is 0 Å². The van der Waals surface area contributed by atoms with Gasteiger partial charge in [-0.05, 0) is 30.2 Å². The van der Waals surface area contributed by atoms with E-state index >= 15 is 0 Å². The molecular weight excluding hydrogens is 278 g/mol. The van der Waals surface area contributed by atoms with Gasteiger partial charge in [0.2, 0.25) is 0 Å². The van der Waals surface area contributed by atoms with Crippen LogP contribution in [0, 0.1) is 10.1 Å². The molecule has 7 heteroatoms. The van der Waals surface area contributed by atoms with E-state index in [1.54, 1.807) is 22.8 Å². The summed E-state index contributed by atoms with van der Waals surface area (Å²) in [6, 6.07) is 6.14. The van der Waals surface area contributed by atoms with Crippen molar-refractivity contribution in [2.75, 3.05) is 6.54 Å².